The van der Waals surface area contributed by atoms with Gasteiger partial charge in [-0.15, -0.1) is 0 Å². The molecule has 0 N–H and O–H groups in total. The Hall–Kier alpha value is -2.55. The largest absolute Gasteiger partial charge is 0.445 e. The zero-order chi connectivity index (χ0) is 21.7. The third-order valence-electron chi connectivity index (χ3n) is 6.12. The molecule has 2 atom stereocenters. The smallest absolute Gasteiger partial charge is 0.411 e. The summed E-state index contributed by atoms with van der Waals surface area (Å²) in [5.41, 5.74) is 2.16. The van der Waals surface area contributed by atoms with Crippen molar-refractivity contribution in [3.63, 3.8) is 0 Å². The topological polar surface area (TPSA) is 29.5 Å². The number of carbonyl (C=O) groups is 1. The first-order chi connectivity index (χ1) is 15.3. The second kappa shape index (κ2) is 13.0. The molecule has 1 amide bonds. The average Bonchev–Trinajstić information content (AvgIpc) is 2.83. The Balaban J connectivity index is 1.63. The van der Waals surface area contributed by atoms with Crippen molar-refractivity contribution in [3.05, 3.63) is 83.9 Å². The van der Waals surface area contributed by atoms with Crippen LogP contribution in [-0.2, 0) is 11.3 Å². The van der Waals surface area contributed by atoms with Crippen LogP contribution < -0.4 is 0 Å². The Labute approximate surface area is 188 Å². The minimum Gasteiger partial charge on any atom is -0.445 e. The van der Waals surface area contributed by atoms with E-state index in [9.17, 15) is 4.79 Å². The van der Waals surface area contributed by atoms with Gasteiger partial charge in [0.15, 0.2) is 0 Å². The van der Waals surface area contributed by atoms with Crippen LogP contribution in [0.25, 0.3) is 0 Å². The fourth-order valence-corrected chi connectivity index (χ4v) is 4.37. The lowest BCUT2D eigenvalue weighted by Crippen LogP contribution is -2.44. The van der Waals surface area contributed by atoms with E-state index in [0.717, 1.165) is 30.4 Å². The monoisotopic (exact) mass is 419 g/mol. The van der Waals surface area contributed by atoms with Gasteiger partial charge in [0.2, 0.25) is 0 Å². The summed E-state index contributed by atoms with van der Waals surface area (Å²) in [5, 5.41) is 0. The minimum absolute atomic E-state index is 0.0622. The van der Waals surface area contributed by atoms with Crippen molar-refractivity contribution in [2.24, 2.45) is 0 Å². The van der Waals surface area contributed by atoms with E-state index in [2.05, 4.69) is 31.2 Å². The number of hydrogen-bond donors (Lipinski definition) is 0. The van der Waals surface area contributed by atoms with Crippen LogP contribution in [0.15, 0.2) is 72.8 Å². The minimum atomic E-state index is -0.213. The molecule has 3 nitrogen and oxygen atoms in total. The first-order valence-corrected chi connectivity index (χ1v) is 12.0. The lowest BCUT2D eigenvalue weighted by Gasteiger charge is -2.39. The summed E-state index contributed by atoms with van der Waals surface area (Å²) in [4.78, 5) is 15.2. The Morgan fingerprint density at radius 2 is 1.55 bits per heavy atom. The van der Waals surface area contributed by atoms with Gasteiger partial charge in [-0.1, -0.05) is 125 Å². The maximum atomic E-state index is 13.2. The predicted molar refractivity (Wildman–Crippen MR) is 128 cm³/mol. The van der Waals surface area contributed by atoms with Crippen LogP contribution in [0.1, 0.15) is 81.9 Å². The molecule has 3 rings (SSSR count). The van der Waals surface area contributed by atoms with E-state index in [-0.39, 0.29) is 18.2 Å². The average molecular weight is 420 g/mol. The third-order valence-corrected chi connectivity index (χ3v) is 6.12. The van der Waals surface area contributed by atoms with Crippen molar-refractivity contribution in [2.75, 3.05) is 0 Å². The number of hydrogen-bond acceptors (Lipinski definition) is 2. The molecule has 0 aromatic heterocycles. The highest BCUT2D eigenvalue weighted by Crippen LogP contribution is 2.33. The molecule has 0 spiro atoms. The van der Waals surface area contributed by atoms with Gasteiger partial charge in [0.25, 0.3) is 0 Å². The van der Waals surface area contributed by atoms with E-state index >= 15 is 0 Å². The molecule has 3 heteroatoms. The van der Waals surface area contributed by atoms with Gasteiger partial charge >= 0.3 is 6.09 Å². The third kappa shape index (κ3) is 7.27. The lowest BCUT2D eigenvalue weighted by atomic mass is 9.94. The van der Waals surface area contributed by atoms with E-state index in [1.54, 1.807) is 0 Å². The number of carbonyl (C=O) groups excluding carboxylic acids is 1. The molecule has 1 aliphatic rings. The summed E-state index contributed by atoms with van der Waals surface area (Å²) >= 11 is 0. The Morgan fingerprint density at radius 1 is 0.903 bits per heavy atom. The summed E-state index contributed by atoms with van der Waals surface area (Å²) in [6.07, 6.45) is 15.1. The van der Waals surface area contributed by atoms with Gasteiger partial charge in [0.05, 0.1) is 6.04 Å². The molecule has 2 aromatic carbocycles. The van der Waals surface area contributed by atoms with Crippen molar-refractivity contribution in [1.29, 1.82) is 0 Å². The van der Waals surface area contributed by atoms with Crippen molar-refractivity contribution in [3.8, 4) is 0 Å². The van der Waals surface area contributed by atoms with E-state index < -0.39 is 0 Å². The van der Waals surface area contributed by atoms with Crippen molar-refractivity contribution < 1.29 is 9.53 Å². The molecule has 166 valence electrons. The van der Waals surface area contributed by atoms with Crippen LogP contribution in [0, 0.1) is 0 Å². The van der Waals surface area contributed by atoms with E-state index in [4.69, 9.17) is 4.74 Å². The van der Waals surface area contributed by atoms with Crippen molar-refractivity contribution >= 4 is 6.09 Å². The molecule has 0 radical (unpaired) electrons. The number of ether oxygens (including phenoxy) is 1. The van der Waals surface area contributed by atoms with Gasteiger partial charge < -0.3 is 4.74 Å². The summed E-state index contributed by atoms with van der Waals surface area (Å²) < 4.78 is 5.77. The zero-order valence-electron chi connectivity index (χ0n) is 18.9. The number of amides is 1. The first-order valence-electron chi connectivity index (χ1n) is 12.0. The number of unbranched alkanes of at least 4 members (excludes halogenated alkanes) is 6. The number of benzene rings is 2. The molecule has 0 saturated heterocycles. The summed E-state index contributed by atoms with van der Waals surface area (Å²) in [5.74, 6) is 0. The van der Waals surface area contributed by atoms with Gasteiger partial charge in [-0.05, 0) is 24.0 Å². The van der Waals surface area contributed by atoms with Gasteiger partial charge in [0.1, 0.15) is 6.61 Å². The van der Waals surface area contributed by atoms with Crippen LogP contribution in [0.2, 0.25) is 0 Å². The maximum absolute atomic E-state index is 13.2. The van der Waals surface area contributed by atoms with Gasteiger partial charge in [-0.25, -0.2) is 4.79 Å². The molecular formula is C28H37NO2. The fraction of sp³-hybridized carbons (Fsp3) is 0.464. The molecule has 0 unspecified atom stereocenters. The van der Waals surface area contributed by atoms with Crippen LogP contribution in [-0.4, -0.2) is 17.0 Å². The van der Waals surface area contributed by atoms with E-state index in [1.807, 2.05) is 53.4 Å². The Kier molecular flexibility index (Phi) is 9.69. The molecule has 0 saturated carbocycles. The molecule has 2 aromatic rings. The van der Waals surface area contributed by atoms with Crippen LogP contribution in [0.4, 0.5) is 4.79 Å². The molecule has 31 heavy (non-hydrogen) atoms. The summed E-state index contributed by atoms with van der Waals surface area (Å²) in [6, 6.07) is 20.3. The lowest BCUT2D eigenvalue weighted by molar-refractivity contribution is 0.0634. The molecular weight excluding hydrogens is 382 g/mol. The second-order valence-corrected chi connectivity index (χ2v) is 8.53. The molecule has 0 bridgehead atoms. The second-order valence-electron chi connectivity index (χ2n) is 8.53. The van der Waals surface area contributed by atoms with Crippen molar-refractivity contribution in [2.45, 2.75) is 83.4 Å². The van der Waals surface area contributed by atoms with Crippen LogP contribution in [0.5, 0.6) is 0 Å². The normalized spacial score (nSPS) is 18.2. The van der Waals surface area contributed by atoms with Crippen molar-refractivity contribution in [1.82, 2.24) is 4.90 Å². The van der Waals surface area contributed by atoms with Gasteiger partial charge in [-0.2, -0.15) is 0 Å². The standard InChI is InChI=1S/C28H37NO2/c1-2-3-4-5-6-7-14-20-26-21-15-22-27(25-18-12-9-13-19-25)29(26)28(30)31-23-24-16-10-8-11-17-24/h8-13,15-19,22,26-27H,2-7,14,20-21,23H2,1H3/t26-,27-/m1/s1. The highest BCUT2D eigenvalue weighted by molar-refractivity contribution is 5.69. The number of rotatable bonds is 11. The summed E-state index contributed by atoms with van der Waals surface area (Å²) in [6.45, 7) is 2.57. The first kappa shape index (κ1) is 23.1. The zero-order valence-corrected chi connectivity index (χ0v) is 18.9. The molecule has 1 heterocycles. The molecule has 0 fully saturated rings. The fourth-order valence-electron chi connectivity index (χ4n) is 4.37. The molecule has 0 aliphatic carbocycles. The van der Waals surface area contributed by atoms with Gasteiger partial charge in [-0.3, -0.25) is 4.90 Å². The highest BCUT2D eigenvalue weighted by atomic mass is 16.6. The van der Waals surface area contributed by atoms with Crippen LogP contribution in [0.3, 0.4) is 0 Å². The van der Waals surface area contributed by atoms with Crippen LogP contribution >= 0.6 is 0 Å². The predicted octanol–water partition coefficient (Wildman–Crippen LogP) is 7.84. The Morgan fingerprint density at radius 3 is 2.26 bits per heavy atom. The quantitative estimate of drug-likeness (QED) is 0.274. The summed E-state index contributed by atoms with van der Waals surface area (Å²) in [7, 11) is 0. The van der Waals surface area contributed by atoms with E-state index in [1.165, 1.54) is 38.5 Å². The Bertz CT molecular complexity index is 787. The SMILES string of the molecule is CCCCCCCCC[C@@H]1CC=C[C@H](c2ccccc2)N1C(=O)OCc1ccccc1. The van der Waals surface area contributed by atoms with E-state index in [0.29, 0.717) is 6.61 Å². The number of nitrogens with zero attached hydrogens (tertiary/aromatic N) is 1. The maximum Gasteiger partial charge on any atom is 0.411 e. The van der Waals surface area contributed by atoms with Gasteiger partial charge in [0, 0.05) is 6.04 Å². The molecule has 1 aliphatic heterocycles. The highest BCUT2D eigenvalue weighted by Gasteiger charge is 2.33.